The highest BCUT2D eigenvalue weighted by Gasteiger charge is 2.46. The summed E-state index contributed by atoms with van der Waals surface area (Å²) in [5.74, 6) is 0.403. The van der Waals surface area contributed by atoms with Crippen LogP contribution in [-0.2, 0) is 10.2 Å². The SMILES string of the molecule is CC(=O)Oc1ccc(C2(c3ccc(O)cc3)c3ccccc3-c3cc4ccccc4cc32)cc1. The van der Waals surface area contributed by atoms with Crippen molar-refractivity contribution >= 4 is 16.7 Å². The maximum absolute atomic E-state index is 11.5. The van der Waals surface area contributed by atoms with E-state index < -0.39 is 5.41 Å². The fourth-order valence-corrected chi connectivity index (χ4v) is 5.40. The van der Waals surface area contributed by atoms with E-state index in [0.29, 0.717) is 5.75 Å². The van der Waals surface area contributed by atoms with Crippen LogP contribution in [0.1, 0.15) is 29.2 Å². The van der Waals surface area contributed by atoms with Crippen LogP contribution in [0.2, 0.25) is 0 Å². The second kappa shape index (κ2) is 7.60. The number of esters is 1. The number of hydrogen-bond donors (Lipinski definition) is 1. The Morgan fingerprint density at radius 3 is 1.94 bits per heavy atom. The molecule has 6 rings (SSSR count). The molecule has 1 N–H and O–H groups in total. The second-order valence-corrected chi connectivity index (χ2v) is 8.71. The summed E-state index contributed by atoms with van der Waals surface area (Å²) in [6.07, 6.45) is 0. The van der Waals surface area contributed by atoms with Crippen LogP contribution in [0.25, 0.3) is 21.9 Å². The number of fused-ring (bicyclic) bond motifs is 4. The predicted molar refractivity (Wildman–Crippen MR) is 134 cm³/mol. The third-order valence-corrected chi connectivity index (χ3v) is 6.76. The van der Waals surface area contributed by atoms with Gasteiger partial charge in [-0.1, -0.05) is 72.8 Å². The zero-order valence-corrected chi connectivity index (χ0v) is 18.7. The zero-order valence-electron chi connectivity index (χ0n) is 18.7. The first-order valence-electron chi connectivity index (χ1n) is 11.3. The molecule has 3 nitrogen and oxygen atoms in total. The summed E-state index contributed by atoms with van der Waals surface area (Å²) in [5.41, 5.74) is 6.32. The molecular weight excluding hydrogens is 420 g/mol. The molecule has 5 aromatic rings. The summed E-state index contributed by atoms with van der Waals surface area (Å²) in [4.78, 5) is 11.5. The lowest BCUT2D eigenvalue weighted by atomic mass is 9.67. The van der Waals surface area contributed by atoms with Crippen molar-refractivity contribution in [3.05, 3.63) is 131 Å². The van der Waals surface area contributed by atoms with Crippen molar-refractivity contribution in [1.82, 2.24) is 0 Å². The van der Waals surface area contributed by atoms with E-state index >= 15 is 0 Å². The van der Waals surface area contributed by atoms with E-state index in [1.165, 1.54) is 39.9 Å². The van der Waals surface area contributed by atoms with Crippen molar-refractivity contribution in [2.75, 3.05) is 0 Å². The molecule has 0 bridgehead atoms. The number of ether oxygens (including phenoxy) is 1. The third-order valence-electron chi connectivity index (χ3n) is 6.76. The lowest BCUT2D eigenvalue weighted by Crippen LogP contribution is -2.28. The zero-order chi connectivity index (χ0) is 23.3. The summed E-state index contributed by atoms with van der Waals surface area (Å²) in [6, 6.07) is 36.7. The fourth-order valence-electron chi connectivity index (χ4n) is 5.40. The van der Waals surface area contributed by atoms with Gasteiger partial charge in [0.25, 0.3) is 0 Å². The molecule has 0 fully saturated rings. The van der Waals surface area contributed by atoms with Crippen LogP contribution >= 0.6 is 0 Å². The highest BCUT2D eigenvalue weighted by atomic mass is 16.5. The van der Waals surface area contributed by atoms with Gasteiger partial charge in [0.05, 0.1) is 5.41 Å². The van der Waals surface area contributed by atoms with E-state index in [2.05, 4.69) is 60.7 Å². The number of benzene rings is 5. The van der Waals surface area contributed by atoms with Crippen LogP contribution in [0.4, 0.5) is 0 Å². The van der Waals surface area contributed by atoms with Crippen LogP contribution in [0, 0.1) is 0 Å². The van der Waals surface area contributed by atoms with E-state index in [-0.39, 0.29) is 11.7 Å². The highest BCUT2D eigenvalue weighted by molar-refractivity contribution is 5.95. The standard InChI is InChI=1S/C31H22O3/c1-20(32)34-26-16-12-24(13-17-26)31(23-10-14-25(33)15-11-23)29-9-5-4-8-27(29)28-18-21-6-2-3-7-22(21)19-30(28)31/h2-19,33H,1H3. The second-order valence-electron chi connectivity index (χ2n) is 8.71. The number of hydrogen-bond acceptors (Lipinski definition) is 3. The van der Waals surface area contributed by atoms with Crippen molar-refractivity contribution in [3.8, 4) is 22.6 Å². The quantitative estimate of drug-likeness (QED) is 0.241. The van der Waals surface area contributed by atoms with Gasteiger partial charge in [-0.3, -0.25) is 4.79 Å². The molecule has 0 spiro atoms. The number of carbonyl (C=O) groups excluding carboxylic acids is 1. The topological polar surface area (TPSA) is 46.5 Å². The van der Waals surface area contributed by atoms with Crippen LogP contribution in [0.5, 0.6) is 11.5 Å². The van der Waals surface area contributed by atoms with Gasteiger partial charge in [0, 0.05) is 6.92 Å². The Morgan fingerprint density at radius 2 is 1.26 bits per heavy atom. The molecule has 1 aliphatic rings. The lowest BCUT2D eigenvalue weighted by Gasteiger charge is -2.34. The third kappa shape index (κ3) is 2.94. The van der Waals surface area contributed by atoms with Crippen molar-refractivity contribution < 1.29 is 14.6 Å². The van der Waals surface area contributed by atoms with Gasteiger partial charge >= 0.3 is 5.97 Å². The maximum atomic E-state index is 11.5. The van der Waals surface area contributed by atoms with Crippen LogP contribution in [-0.4, -0.2) is 11.1 Å². The van der Waals surface area contributed by atoms with Crippen LogP contribution in [0.15, 0.2) is 109 Å². The minimum Gasteiger partial charge on any atom is -0.508 e. The normalized spacial score (nSPS) is 16.1. The van der Waals surface area contributed by atoms with E-state index in [1.807, 2.05) is 36.4 Å². The monoisotopic (exact) mass is 442 g/mol. The molecule has 164 valence electrons. The van der Waals surface area contributed by atoms with Crippen molar-refractivity contribution in [1.29, 1.82) is 0 Å². The Hall–Kier alpha value is -4.37. The summed E-state index contributed by atoms with van der Waals surface area (Å²) in [5, 5.41) is 12.4. The molecule has 3 heteroatoms. The van der Waals surface area contributed by atoms with Crippen molar-refractivity contribution in [3.63, 3.8) is 0 Å². The summed E-state index contributed by atoms with van der Waals surface area (Å²) >= 11 is 0. The molecule has 1 unspecified atom stereocenters. The molecule has 0 amide bonds. The van der Waals surface area contributed by atoms with Gasteiger partial charge in [-0.25, -0.2) is 0 Å². The van der Waals surface area contributed by atoms with E-state index in [0.717, 1.165) is 11.1 Å². The Balaban J connectivity index is 1.72. The summed E-state index contributed by atoms with van der Waals surface area (Å²) in [6.45, 7) is 1.40. The molecule has 0 saturated carbocycles. The molecule has 1 atom stereocenters. The van der Waals surface area contributed by atoms with Crippen LogP contribution in [0.3, 0.4) is 0 Å². The number of phenolic OH excluding ortho intramolecular Hbond substituents is 1. The molecule has 0 aromatic heterocycles. The molecule has 5 aromatic carbocycles. The Morgan fingerprint density at radius 1 is 0.676 bits per heavy atom. The number of rotatable bonds is 3. The average molecular weight is 443 g/mol. The van der Waals surface area contributed by atoms with Gasteiger partial charge in [-0.05, 0) is 80.6 Å². The predicted octanol–water partition coefficient (Wildman–Crippen LogP) is 6.83. The van der Waals surface area contributed by atoms with Gasteiger partial charge in [-0.2, -0.15) is 0 Å². The van der Waals surface area contributed by atoms with E-state index in [4.69, 9.17) is 4.74 Å². The molecule has 0 radical (unpaired) electrons. The molecule has 0 heterocycles. The Labute approximate surface area is 197 Å². The summed E-state index contributed by atoms with van der Waals surface area (Å²) in [7, 11) is 0. The minimum atomic E-state index is -0.585. The Kier molecular flexibility index (Phi) is 4.53. The first-order chi connectivity index (χ1) is 16.6. The number of phenols is 1. The molecule has 0 saturated heterocycles. The van der Waals surface area contributed by atoms with Crippen molar-refractivity contribution in [2.24, 2.45) is 0 Å². The van der Waals surface area contributed by atoms with Crippen LogP contribution < -0.4 is 4.74 Å². The Bertz CT molecular complexity index is 1550. The molecule has 0 aliphatic heterocycles. The minimum absolute atomic E-state index is 0.231. The molecule has 1 aliphatic carbocycles. The largest absolute Gasteiger partial charge is 0.508 e. The summed E-state index contributed by atoms with van der Waals surface area (Å²) < 4.78 is 5.31. The average Bonchev–Trinajstić information content (AvgIpc) is 3.14. The van der Waals surface area contributed by atoms with Gasteiger partial charge in [0.15, 0.2) is 0 Å². The van der Waals surface area contributed by atoms with Gasteiger partial charge in [-0.15, -0.1) is 0 Å². The fraction of sp³-hybridized carbons (Fsp3) is 0.0645. The number of aromatic hydroxyl groups is 1. The molecule has 34 heavy (non-hydrogen) atoms. The van der Waals surface area contributed by atoms with E-state index in [9.17, 15) is 9.90 Å². The lowest BCUT2D eigenvalue weighted by molar-refractivity contribution is -0.131. The van der Waals surface area contributed by atoms with Gasteiger partial charge < -0.3 is 9.84 Å². The van der Waals surface area contributed by atoms with E-state index in [1.54, 1.807) is 12.1 Å². The smallest absolute Gasteiger partial charge is 0.308 e. The van der Waals surface area contributed by atoms with Gasteiger partial charge in [0.2, 0.25) is 0 Å². The number of carbonyl (C=O) groups is 1. The molecular formula is C31H22O3. The van der Waals surface area contributed by atoms with Crippen molar-refractivity contribution in [2.45, 2.75) is 12.3 Å². The highest BCUT2D eigenvalue weighted by Crippen LogP contribution is 2.57. The van der Waals surface area contributed by atoms with Gasteiger partial charge in [0.1, 0.15) is 11.5 Å². The first kappa shape index (κ1) is 20.3. The maximum Gasteiger partial charge on any atom is 0.308 e. The first-order valence-corrected chi connectivity index (χ1v) is 11.3.